The maximum Gasteiger partial charge on any atom is 0.167 e. The van der Waals surface area contributed by atoms with Crippen LogP contribution in [0.1, 0.15) is 30.6 Å². The van der Waals surface area contributed by atoms with Gasteiger partial charge in [-0.15, -0.1) is 23.7 Å². The smallest absolute Gasteiger partial charge is 0.167 e. The zero-order valence-corrected chi connectivity index (χ0v) is 13.4. The summed E-state index contributed by atoms with van der Waals surface area (Å²) < 4.78 is 1.83. The van der Waals surface area contributed by atoms with Gasteiger partial charge in [0.2, 0.25) is 0 Å². The van der Waals surface area contributed by atoms with Crippen molar-refractivity contribution < 1.29 is 0 Å². The highest BCUT2D eigenvalue weighted by molar-refractivity contribution is 7.15. The van der Waals surface area contributed by atoms with Crippen LogP contribution in [0.3, 0.4) is 0 Å². The summed E-state index contributed by atoms with van der Waals surface area (Å²) in [6.45, 7) is 3.58. The molecule has 0 saturated carbocycles. The number of hydrogen-bond donors (Lipinski definition) is 0. The number of thiophene rings is 1. The van der Waals surface area contributed by atoms with E-state index in [1.54, 1.807) is 6.33 Å². The van der Waals surface area contributed by atoms with E-state index in [0.717, 1.165) is 12.4 Å². The van der Waals surface area contributed by atoms with Crippen LogP contribution in [-0.4, -0.2) is 32.8 Å². The average Bonchev–Trinajstić information content (AvgIpc) is 2.93. The maximum atomic E-state index is 4.31. The zero-order valence-electron chi connectivity index (χ0n) is 11.8. The first-order valence-electron chi connectivity index (χ1n) is 6.98. The molecule has 0 N–H and O–H groups in total. The van der Waals surface area contributed by atoms with Gasteiger partial charge in [-0.25, -0.2) is 9.67 Å². The summed E-state index contributed by atoms with van der Waals surface area (Å²) in [4.78, 5) is 9.54. The summed E-state index contributed by atoms with van der Waals surface area (Å²) in [5, 5.41) is 4.13. The normalized spacial score (nSPS) is 16.6. The topological polar surface area (TPSA) is 34.0 Å². The molecule has 1 aliphatic rings. The Morgan fingerprint density at radius 1 is 1.15 bits per heavy atom. The molecule has 4 nitrogen and oxygen atoms in total. The van der Waals surface area contributed by atoms with E-state index >= 15 is 0 Å². The molecule has 2 aromatic rings. The summed E-state index contributed by atoms with van der Waals surface area (Å²) in [7, 11) is 1.94. The number of halogens is 1. The van der Waals surface area contributed by atoms with Gasteiger partial charge in [-0.1, -0.05) is 12.8 Å². The van der Waals surface area contributed by atoms with Crippen LogP contribution in [0.15, 0.2) is 18.5 Å². The molecule has 1 fully saturated rings. The molecule has 0 atom stereocenters. The minimum atomic E-state index is 0. The molecule has 110 valence electrons. The minimum Gasteiger partial charge on any atom is -0.298 e. The average molecular weight is 313 g/mol. The monoisotopic (exact) mass is 312 g/mol. The van der Waals surface area contributed by atoms with Crippen molar-refractivity contribution in [1.82, 2.24) is 19.7 Å². The van der Waals surface area contributed by atoms with Crippen molar-refractivity contribution in [2.24, 2.45) is 7.05 Å². The minimum absolute atomic E-state index is 0. The molecule has 0 spiro atoms. The van der Waals surface area contributed by atoms with E-state index in [4.69, 9.17) is 0 Å². The summed E-state index contributed by atoms with van der Waals surface area (Å²) in [5.74, 6) is 0.965. The first-order chi connectivity index (χ1) is 9.33. The van der Waals surface area contributed by atoms with Crippen LogP contribution in [0.5, 0.6) is 0 Å². The van der Waals surface area contributed by atoms with E-state index in [-0.39, 0.29) is 12.4 Å². The van der Waals surface area contributed by atoms with Crippen LogP contribution in [0.4, 0.5) is 0 Å². The number of aryl methyl sites for hydroxylation is 1. The van der Waals surface area contributed by atoms with Crippen LogP contribution in [0.2, 0.25) is 0 Å². The molecular weight excluding hydrogens is 292 g/mol. The molecule has 3 rings (SSSR count). The van der Waals surface area contributed by atoms with Crippen molar-refractivity contribution in [1.29, 1.82) is 0 Å². The number of rotatable bonds is 3. The standard InChI is InChI=1S/C14H20N4S.ClH/c1-17-14(15-11-16-17)13-7-6-12(19-13)10-18-8-4-2-3-5-9-18;/h6-7,11H,2-5,8-10H2,1H3;1H. The molecule has 0 aromatic carbocycles. The molecule has 1 aliphatic heterocycles. The van der Waals surface area contributed by atoms with Crippen LogP contribution < -0.4 is 0 Å². The lowest BCUT2D eigenvalue weighted by molar-refractivity contribution is 0.279. The fourth-order valence-corrected chi connectivity index (χ4v) is 3.69. The number of nitrogens with zero attached hydrogens (tertiary/aromatic N) is 4. The fraction of sp³-hybridized carbons (Fsp3) is 0.571. The van der Waals surface area contributed by atoms with Gasteiger partial charge in [0, 0.05) is 18.5 Å². The van der Waals surface area contributed by atoms with Gasteiger partial charge >= 0.3 is 0 Å². The lowest BCUT2D eigenvalue weighted by atomic mass is 10.2. The van der Waals surface area contributed by atoms with Crippen LogP contribution in [-0.2, 0) is 13.6 Å². The van der Waals surface area contributed by atoms with Gasteiger partial charge in [-0.3, -0.25) is 4.90 Å². The van der Waals surface area contributed by atoms with Crippen molar-refractivity contribution in [3.8, 4) is 10.7 Å². The van der Waals surface area contributed by atoms with Gasteiger partial charge in [0.15, 0.2) is 5.82 Å². The number of likely N-dealkylation sites (tertiary alicyclic amines) is 1. The van der Waals surface area contributed by atoms with Gasteiger partial charge in [-0.05, 0) is 38.1 Å². The molecule has 0 unspecified atom stereocenters. The van der Waals surface area contributed by atoms with Crippen molar-refractivity contribution >= 4 is 23.7 Å². The fourth-order valence-electron chi connectivity index (χ4n) is 2.62. The van der Waals surface area contributed by atoms with Crippen molar-refractivity contribution in [2.75, 3.05) is 13.1 Å². The highest BCUT2D eigenvalue weighted by Gasteiger charge is 2.12. The predicted octanol–water partition coefficient (Wildman–Crippen LogP) is 3.34. The van der Waals surface area contributed by atoms with E-state index in [1.165, 1.54) is 48.5 Å². The molecule has 6 heteroatoms. The maximum absolute atomic E-state index is 4.31. The molecular formula is C14H21ClN4S. The molecule has 0 aliphatic carbocycles. The number of aromatic nitrogens is 3. The third kappa shape index (κ3) is 3.59. The predicted molar refractivity (Wildman–Crippen MR) is 85.3 cm³/mol. The van der Waals surface area contributed by atoms with Gasteiger partial charge in [0.05, 0.1) is 4.88 Å². The first kappa shape index (κ1) is 15.5. The molecule has 0 bridgehead atoms. The zero-order chi connectivity index (χ0) is 13.1. The van der Waals surface area contributed by atoms with Gasteiger partial charge < -0.3 is 0 Å². The Labute approximate surface area is 130 Å². The second-order valence-corrected chi connectivity index (χ2v) is 6.33. The van der Waals surface area contributed by atoms with Crippen LogP contribution in [0.25, 0.3) is 10.7 Å². The third-order valence-electron chi connectivity index (χ3n) is 3.67. The van der Waals surface area contributed by atoms with E-state index in [1.807, 2.05) is 23.1 Å². The first-order valence-corrected chi connectivity index (χ1v) is 7.80. The summed E-state index contributed by atoms with van der Waals surface area (Å²) >= 11 is 1.84. The molecule has 3 heterocycles. The Balaban J connectivity index is 0.00000147. The van der Waals surface area contributed by atoms with Gasteiger partial charge in [0.1, 0.15) is 6.33 Å². The highest BCUT2D eigenvalue weighted by atomic mass is 35.5. The molecule has 1 saturated heterocycles. The molecule has 2 aromatic heterocycles. The van der Waals surface area contributed by atoms with E-state index in [2.05, 4.69) is 27.1 Å². The Kier molecular flexibility index (Phi) is 5.57. The van der Waals surface area contributed by atoms with Crippen LogP contribution >= 0.6 is 23.7 Å². The molecule has 20 heavy (non-hydrogen) atoms. The van der Waals surface area contributed by atoms with Crippen molar-refractivity contribution in [2.45, 2.75) is 32.2 Å². The summed E-state index contributed by atoms with van der Waals surface area (Å²) in [5.41, 5.74) is 0. The SMILES string of the molecule is Cl.Cn1ncnc1-c1ccc(CN2CCCCCC2)s1. The largest absolute Gasteiger partial charge is 0.298 e. The molecule has 0 amide bonds. The number of hydrogen-bond acceptors (Lipinski definition) is 4. The summed E-state index contributed by atoms with van der Waals surface area (Å²) in [6, 6.07) is 4.40. The lowest BCUT2D eigenvalue weighted by Gasteiger charge is -2.18. The molecule has 0 radical (unpaired) electrons. The summed E-state index contributed by atoms with van der Waals surface area (Å²) in [6.07, 6.45) is 7.10. The van der Waals surface area contributed by atoms with E-state index < -0.39 is 0 Å². The van der Waals surface area contributed by atoms with E-state index in [9.17, 15) is 0 Å². The highest BCUT2D eigenvalue weighted by Crippen LogP contribution is 2.27. The lowest BCUT2D eigenvalue weighted by Crippen LogP contribution is -2.23. The Hall–Kier alpha value is -0.910. The van der Waals surface area contributed by atoms with Crippen LogP contribution in [0, 0.1) is 0 Å². The van der Waals surface area contributed by atoms with Gasteiger partial charge in [0.25, 0.3) is 0 Å². The third-order valence-corrected chi connectivity index (χ3v) is 4.74. The van der Waals surface area contributed by atoms with Gasteiger partial charge in [-0.2, -0.15) is 5.10 Å². The quantitative estimate of drug-likeness (QED) is 0.871. The van der Waals surface area contributed by atoms with Crippen molar-refractivity contribution in [3.05, 3.63) is 23.3 Å². The Morgan fingerprint density at radius 2 is 1.90 bits per heavy atom. The second-order valence-electron chi connectivity index (χ2n) is 5.16. The second kappa shape index (κ2) is 7.20. The Morgan fingerprint density at radius 3 is 2.55 bits per heavy atom. The Bertz CT molecular complexity index is 529. The van der Waals surface area contributed by atoms with Crippen molar-refractivity contribution in [3.63, 3.8) is 0 Å². The van der Waals surface area contributed by atoms with E-state index in [0.29, 0.717) is 0 Å².